The molecule has 1 unspecified atom stereocenters. The molecule has 0 radical (unpaired) electrons. The van der Waals surface area contributed by atoms with Crippen molar-refractivity contribution in [2.24, 2.45) is 0 Å². The average molecular weight is 247 g/mol. The maximum absolute atomic E-state index is 11.6. The minimum absolute atomic E-state index is 0.284. The third kappa shape index (κ3) is 2.46. The summed E-state index contributed by atoms with van der Waals surface area (Å²) in [7, 11) is -2.90. The lowest BCUT2D eigenvalue weighted by Crippen LogP contribution is -2.19. The summed E-state index contributed by atoms with van der Waals surface area (Å²) < 4.78 is 23.1. The molecule has 0 saturated carbocycles. The quantitative estimate of drug-likeness (QED) is 0.788. The first kappa shape index (κ1) is 10.8. The molecule has 0 aromatic carbocycles. The predicted octanol–water partition coefficient (Wildman–Crippen LogP) is 1.25. The fraction of sp³-hybridized carbons (Fsp3) is 0.556. The summed E-state index contributed by atoms with van der Waals surface area (Å²) >= 11 is 5.59. The van der Waals surface area contributed by atoms with Crippen molar-refractivity contribution in [2.45, 2.75) is 24.5 Å². The van der Waals surface area contributed by atoms with Crippen molar-refractivity contribution in [1.29, 1.82) is 0 Å². The van der Waals surface area contributed by atoms with Crippen molar-refractivity contribution in [1.82, 2.24) is 10.2 Å². The van der Waals surface area contributed by atoms with Gasteiger partial charge in [0.2, 0.25) is 0 Å². The third-order valence-electron chi connectivity index (χ3n) is 2.59. The predicted molar refractivity (Wildman–Crippen MR) is 57.6 cm³/mol. The van der Waals surface area contributed by atoms with E-state index in [0.29, 0.717) is 23.0 Å². The number of halogens is 1. The molecule has 1 aromatic rings. The Morgan fingerprint density at radius 1 is 1.40 bits per heavy atom. The number of aromatic nitrogens is 2. The molecule has 82 valence electrons. The molecule has 0 N–H and O–H groups in total. The highest BCUT2D eigenvalue weighted by Gasteiger charge is 2.31. The normalized spacial score (nSPS) is 24.2. The van der Waals surface area contributed by atoms with Crippen LogP contribution in [0.15, 0.2) is 12.1 Å². The molecule has 1 atom stereocenters. The monoisotopic (exact) mass is 246 g/mol. The average Bonchev–Trinajstić information content (AvgIpc) is 2.50. The second kappa shape index (κ2) is 4.06. The summed E-state index contributed by atoms with van der Waals surface area (Å²) in [6, 6.07) is 3.36. The van der Waals surface area contributed by atoms with E-state index in [2.05, 4.69) is 10.2 Å². The molecular formula is C9H11ClN2O2S. The van der Waals surface area contributed by atoms with Gasteiger partial charge in [-0.05, 0) is 25.0 Å². The first-order chi connectivity index (χ1) is 7.08. The van der Waals surface area contributed by atoms with E-state index in [-0.39, 0.29) is 5.25 Å². The Balaban J connectivity index is 2.12. The Morgan fingerprint density at radius 2 is 2.20 bits per heavy atom. The summed E-state index contributed by atoms with van der Waals surface area (Å²) in [4.78, 5) is 0. The topological polar surface area (TPSA) is 59.9 Å². The van der Waals surface area contributed by atoms with E-state index in [4.69, 9.17) is 11.6 Å². The lowest BCUT2D eigenvalue weighted by molar-refractivity contribution is 0.587. The second-order valence-corrected chi connectivity index (χ2v) is 6.47. The zero-order valence-corrected chi connectivity index (χ0v) is 9.63. The smallest absolute Gasteiger partial charge is 0.153 e. The fourth-order valence-electron chi connectivity index (χ4n) is 1.77. The van der Waals surface area contributed by atoms with Crippen molar-refractivity contribution < 1.29 is 8.42 Å². The molecule has 1 aliphatic rings. The van der Waals surface area contributed by atoms with Crippen LogP contribution in [0.4, 0.5) is 0 Å². The molecule has 0 aliphatic carbocycles. The van der Waals surface area contributed by atoms with Gasteiger partial charge in [-0.2, -0.15) is 5.10 Å². The highest BCUT2D eigenvalue weighted by Crippen LogP contribution is 2.22. The van der Waals surface area contributed by atoms with Crippen LogP contribution in [0.1, 0.15) is 18.5 Å². The van der Waals surface area contributed by atoms with Crippen molar-refractivity contribution in [3.8, 4) is 0 Å². The van der Waals surface area contributed by atoms with Gasteiger partial charge in [0, 0.05) is 6.42 Å². The molecule has 1 fully saturated rings. The van der Waals surface area contributed by atoms with Crippen LogP contribution < -0.4 is 0 Å². The summed E-state index contributed by atoms with van der Waals surface area (Å²) in [5.41, 5.74) is 0.690. The first-order valence-corrected chi connectivity index (χ1v) is 6.87. The van der Waals surface area contributed by atoms with E-state index in [1.807, 2.05) is 0 Å². The highest BCUT2D eigenvalue weighted by molar-refractivity contribution is 7.92. The molecule has 0 bridgehead atoms. The molecule has 0 spiro atoms. The summed E-state index contributed by atoms with van der Waals surface area (Å²) in [5.74, 6) is 0.304. The highest BCUT2D eigenvalue weighted by atomic mass is 35.5. The zero-order valence-electron chi connectivity index (χ0n) is 8.06. The Labute approximate surface area is 93.6 Å². The molecule has 1 saturated heterocycles. The molecule has 6 heteroatoms. The SMILES string of the molecule is O=S1(=O)CCCC1Cc1ccc(Cl)nn1. The van der Waals surface area contributed by atoms with Crippen molar-refractivity contribution in [3.63, 3.8) is 0 Å². The van der Waals surface area contributed by atoms with Gasteiger partial charge in [0.15, 0.2) is 15.0 Å². The third-order valence-corrected chi connectivity index (χ3v) is 5.06. The van der Waals surface area contributed by atoms with Crippen LogP contribution in [0.25, 0.3) is 0 Å². The Morgan fingerprint density at radius 3 is 2.73 bits per heavy atom. The van der Waals surface area contributed by atoms with Gasteiger partial charge in [-0.1, -0.05) is 11.6 Å². The Kier molecular flexibility index (Phi) is 2.93. The first-order valence-electron chi connectivity index (χ1n) is 4.77. The minimum Gasteiger partial charge on any atom is -0.229 e. The van der Waals surface area contributed by atoms with E-state index in [9.17, 15) is 8.42 Å². The zero-order chi connectivity index (χ0) is 10.9. The van der Waals surface area contributed by atoms with Gasteiger partial charge in [-0.15, -0.1) is 5.10 Å². The Bertz CT molecular complexity index is 444. The lowest BCUT2D eigenvalue weighted by Gasteiger charge is -2.07. The van der Waals surface area contributed by atoms with Crippen molar-refractivity contribution in [2.75, 3.05) is 5.75 Å². The number of hydrogen-bond donors (Lipinski definition) is 0. The van der Waals surface area contributed by atoms with Gasteiger partial charge in [-0.25, -0.2) is 8.42 Å². The van der Waals surface area contributed by atoms with Gasteiger partial charge in [0.1, 0.15) is 0 Å². The van der Waals surface area contributed by atoms with E-state index in [0.717, 1.165) is 12.8 Å². The van der Waals surface area contributed by atoms with E-state index in [1.165, 1.54) is 0 Å². The molecule has 1 aliphatic heterocycles. The number of sulfone groups is 1. The van der Waals surface area contributed by atoms with Gasteiger partial charge in [0.05, 0.1) is 16.7 Å². The van der Waals surface area contributed by atoms with Crippen LogP contribution in [0.5, 0.6) is 0 Å². The lowest BCUT2D eigenvalue weighted by atomic mass is 10.1. The van der Waals surface area contributed by atoms with Crippen molar-refractivity contribution in [3.05, 3.63) is 23.0 Å². The van der Waals surface area contributed by atoms with Crippen LogP contribution in [0.3, 0.4) is 0 Å². The maximum atomic E-state index is 11.6. The summed E-state index contributed by atoms with van der Waals surface area (Å²) in [6.07, 6.45) is 1.94. The van der Waals surface area contributed by atoms with Crippen LogP contribution in [-0.4, -0.2) is 29.6 Å². The van der Waals surface area contributed by atoms with Crippen LogP contribution in [0, 0.1) is 0 Å². The summed E-state index contributed by atoms with van der Waals surface area (Å²) in [5, 5.41) is 7.59. The van der Waals surface area contributed by atoms with E-state index in [1.54, 1.807) is 12.1 Å². The van der Waals surface area contributed by atoms with Crippen LogP contribution >= 0.6 is 11.6 Å². The number of nitrogens with zero attached hydrogens (tertiary/aromatic N) is 2. The number of hydrogen-bond acceptors (Lipinski definition) is 4. The fourth-order valence-corrected chi connectivity index (χ4v) is 3.73. The van der Waals surface area contributed by atoms with E-state index < -0.39 is 9.84 Å². The Hall–Kier alpha value is -0.680. The maximum Gasteiger partial charge on any atom is 0.153 e. The van der Waals surface area contributed by atoms with Crippen molar-refractivity contribution >= 4 is 21.4 Å². The van der Waals surface area contributed by atoms with Crippen LogP contribution in [-0.2, 0) is 16.3 Å². The minimum atomic E-state index is -2.90. The van der Waals surface area contributed by atoms with Gasteiger partial charge >= 0.3 is 0 Å². The molecule has 15 heavy (non-hydrogen) atoms. The van der Waals surface area contributed by atoms with Gasteiger partial charge < -0.3 is 0 Å². The molecule has 0 amide bonds. The molecule has 2 heterocycles. The number of rotatable bonds is 2. The largest absolute Gasteiger partial charge is 0.229 e. The van der Waals surface area contributed by atoms with Crippen LogP contribution in [0.2, 0.25) is 5.15 Å². The molecule has 4 nitrogen and oxygen atoms in total. The van der Waals surface area contributed by atoms with Gasteiger partial charge in [-0.3, -0.25) is 0 Å². The second-order valence-electron chi connectivity index (χ2n) is 3.68. The molecule has 2 rings (SSSR count). The van der Waals surface area contributed by atoms with Gasteiger partial charge in [0.25, 0.3) is 0 Å². The molecular weight excluding hydrogens is 236 g/mol. The summed E-state index contributed by atoms with van der Waals surface area (Å²) in [6.45, 7) is 0. The molecule has 1 aromatic heterocycles. The standard InChI is InChI=1S/C9H11ClN2O2S/c10-9-4-3-7(11-12-9)6-8-2-1-5-15(8,13)14/h3-4,8H,1-2,5-6H2. The van der Waals surface area contributed by atoms with E-state index >= 15 is 0 Å².